The van der Waals surface area contributed by atoms with Crippen LogP contribution in [0.25, 0.3) is 32.7 Å². The van der Waals surface area contributed by atoms with Gasteiger partial charge in [0.15, 0.2) is 10.8 Å². The fraction of sp³-hybridized carbons (Fsp3) is 0.0400. The van der Waals surface area contributed by atoms with Gasteiger partial charge in [-0.1, -0.05) is 45.9 Å². The van der Waals surface area contributed by atoms with Gasteiger partial charge in [-0.05, 0) is 53.9 Å². The number of H-pyrrole nitrogens is 1. The van der Waals surface area contributed by atoms with Gasteiger partial charge in [0.1, 0.15) is 0 Å². The number of primary sulfonamides is 1. The van der Waals surface area contributed by atoms with E-state index in [1.807, 2.05) is 47.8 Å². The third-order valence-corrected chi connectivity index (χ3v) is 8.62. The highest BCUT2D eigenvalue weighted by Crippen LogP contribution is 2.33. The van der Waals surface area contributed by atoms with Gasteiger partial charge in [0, 0.05) is 26.2 Å². The van der Waals surface area contributed by atoms with Crippen LogP contribution in [0.5, 0.6) is 0 Å². The monoisotopic (exact) mass is 627 g/mol. The number of carbonyl (C=O) groups is 1. The lowest BCUT2D eigenvalue weighted by molar-refractivity contribution is -0.113. The Balaban J connectivity index is 1.43. The molecule has 2 aromatic carbocycles. The lowest BCUT2D eigenvalue weighted by atomic mass is 10.1. The molecule has 0 saturated heterocycles. The molecule has 5 rings (SSSR count). The van der Waals surface area contributed by atoms with Gasteiger partial charge < -0.3 is 10.3 Å². The zero-order valence-electron chi connectivity index (χ0n) is 19.3. The third-order valence-electron chi connectivity index (χ3n) is 5.39. The van der Waals surface area contributed by atoms with E-state index in [1.165, 1.54) is 35.6 Å². The number of rotatable bonds is 7. The number of nitrogens with one attached hydrogen (secondary N) is 2. The summed E-state index contributed by atoms with van der Waals surface area (Å²) in [7, 11) is -3.82. The topological polar surface area (TPSA) is 148 Å². The molecule has 0 aliphatic heterocycles. The summed E-state index contributed by atoms with van der Waals surface area (Å²) in [5.41, 5.74) is 2.60. The highest BCUT2D eigenvalue weighted by Gasteiger charge is 2.17. The Labute approximate surface area is 233 Å². The molecule has 0 unspecified atom stereocenters. The van der Waals surface area contributed by atoms with Crippen LogP contribution in [0.15, 0.2) is 91.4 Å². The molecule has 1 amide bonds. The van der Waals surface area contributed by atoms with Crippen molar-refractivity contribution in [1.82, 2.24) is 15.0 Å². The Morgan fingerprint density at radius 2 is 1.82 bits per heavy atom. The summed E-state index contributed by atoms with van der Waals surface area (Å²) in [4.78, 5) is 38.5. The van der Waals surface area contributed by atoms with Gasteiger partial charge in [-0.25, -0.2) is 23.5 Å². The average molecular weight is 629 g/mol. The first-order valence-corrected chi connectivity index (χ1v) is 15.2. The van der Waals surface area contributed by atoms with E-state index in [0.717, 1.165) is 32.2 Å². The van der Waals surface area contributed by atoms with Gasteiger partial charge in [-0.2, -0.15) is 0 Å². The molecule has 3 aromatic heterocycles. The minimum absolute atomic E-state index is 0.0461. The molecular weight excluding hydrogens is 610 g/mol. The van der Waals surface area contributed by atoms with Crippen LogP contribution in [0.2, 0.25) is 0 Å². The molecular formula is C25H18BrN5O4S3. The number of fused-ring (bicyclic) bond motifs is 1. The van der Waals surface area contributed by atoms with Crippen molar-refractivity contribution in [3.63, 3.8) is 0 Å². The number of sulfonamides is 1. The number of pyridine rings is 1. The van der Waals surface area contributed by atoms with Gasteiger partial charge in [0.25, 0.3) is 5.56 Å². The van der Waals surface area contributed by atoms with E-state index < -0.39 is 10.0 Å². The highest BCUT2D eigenvalue weighted by atomic mass is 79.9. The summed E-state index contributed by atoms with van der Waals surface area (Å²) in [6.45, 7) is 0. The number of nitrogens with zero attached hydrogens (tertiary/aromatic N) is 2. The first-order valence-electron chi connectivity index (χ1n) is 11.0. The average Bonchev–Trinajstić information content (AvgIpc) is 3.42. The minimum atomic E-state index is -3.82. The van der Waals surface area contributed by atoms with E-state index in [0.29, 0.717) is 16.8 Å². The molecule has 0 aliphatic rings. The molecule has 38 heavy (non-hydrogen) atoms. The van der Waals surface area contributed by atoms with Crippen LogP contribution >= 0.6 is 39.0 Å². The maximum absolute atomic E-state index is 13.1. The van der Waals surface area contributed by atoms with E-state index in [9.17, 15) is 18.0 Å². The predicted octanol–water partition coefficient (Wildman–Crippen LogP) is 4.85. The Morgan fingerprint density at radius 3 is 2.47 bits per heavy atom. The lowest BCUT2D eigenvalue weighted by Crippen LogP contribution is -2.16. The van der Waals surface area contributed by atoms with Crippen LogP contribution in [-0.4, -0.2) is 35.0 Å². The summed E-state index contributed by atoms with van der Waals surface area (Å²) >= 11 is 6.01. The maximum atomic E-state index is 13.1. The van der Waals surface area contributed by atoms with Crippen molar-refractivity contribution in [1.29, 1.82) is 0 Å². The predicted molar refractivity (Wildman–Crippen MR) is 154 cm³/mol. The van der Waals surface area contributed by atoms with Gasteiger partial charge in [-0.15, -0.1) is 11.3 Å². The van der Waals surface area contributed by atoms with E-state index in [-0.39, 0.29) is 32.9 Å². The van der Waals surface area contributed by atoms with Crippen LogP contribution in [0, 0.1) is 0 Å². The van der Waals surface area contributed by atoms with Crippen molar-refractivity contribution in [3.8, 4) is 21.7 Å². The normalized spacial score (nSPS) is 11.5. The number of halogens is 1. The SMILES string of the molecule is NS(=O)(=O)c1ccc(NC(=O)CSc2nc3nc(-c4ccc(Br)cc4)cc(-c4cccs4)c3c(=O)[nH]2)cc1. The first-order chi connectivity index (χ1) is 18.2. The quantitative estimate of drug-likeness (QED) is 0.172. The molecule has 0 fully saturated rings. The number of benzene rings is 2. The second-order valence-electron chi connectivity index (χ2n) is 8.02. The van der Waals surface area contributed by atoms with Crippen molar-refractivity contribution in [2.24, 2.45) is 5.14 Å². The number of hydrogen-bond acceptors (Lipinski definition) is 8. The fourth-order valence-electron chi connectivity index (χ4n) is 3.64. The summed E-state index contributed by atoms with van der Waals surface area (Å²) in [6, 6.07) is 18.9. The Bertz CT molecular complexity index is 1810. The van der Waals surface area contributed by atoms with Crippen LogP contribution in [0.1, 0.15) is 0 Å². The van der Waals surface area contributed by atoms with Crippen LogP contribution in [0.4, 0.5) is 5.69 Å². The number of carbonyl (C=O) groups excluding carboxylic acids is 1. The lowest BCUT2D eigenvalue weighted by Gasteiger charge is -2.10. The van der Waals surface area contributed by atoms with Gasteiger partial charge >= 0.3 is 0 Å². The number of amides is 1. The molecule has 0 aliphatic carbocycles. The van der Waals surface area contributed by atoms with E-state index in [1.54, 1.807) is 0 Å². The molecule has 0 radical (unpaired) electrons. The zero-order chi connectivity index (χ0) is 26.9. The Kier molecular flexibility index (Phi) is 7.45. The molecule has 4 N–H and O–H groups in total. The number of aromatic amines is 1. The number of anilines is 1. The van der Waals surface area contributed by atoms with Crippen LogP contribution in [-0.2, 0) is 14.8 Å². The second-order valence-corrected chi connectivity index (χ2v) is 12.4. The Morgan fingerprint density at radius 1 is 1.08 bits per heavy atom. The number of aromatic nitrogens is 3. The fourth-order valence-corrected chi connectivity index (χ4v) is 5.83. The molecule has 5 aromatic rings. The zero-order valence-corrected chi connectivity index (χ0v) is 23.4. The number of nitrogens with two attached hydrogens (primary N) is 1. The number of thioether (sulfide) groups is 1. The largest absolute Gasteiger partial charge is 0.325 e. The minimum Gasteiger partial charge on any atom is -0.325 e. The van der Waals surface area contributed by atoms with Crippen LogP contribution < -0.4 is 16.0 Å². The van der Waals surface area contributed by atoms with E-state index in [4.69, 9.17) is 5.14 Å². The summed E-state index contributed by atoms with van der Waals surface area (Å²) < 4.78 is 23.7. The molecule has 9 nitrogen and oxygen atoms in total. The first kappa shape index (κ1) is 26.3. The molecule has 3 heterocycles. The molecule has 0 atom stereocenters. The van der Waals surface area contributed by atoms with Gasteiger partial charge in [0.2, 0.25) is 15.9 Å². The number of hydrogen-bond donors (Lipinski definition) is 3. The van der Waals surface area contributed by atoms with E-state index in [2.05, 4.69) is 36.2 Å². The molecule has 13 heteroatoms. The second kappa shape index (κ2) is 10.8. The molecule has 0 bridgehead atoms. The molecule has 192 valence electrons. The smallest absolute Gasteiger partial charge is 0.261 e. The summed E-state index contributed by atoms with van der Waals surface area (Å²) in [5.74, 6) is -0.410. The highest BCUT2D eigenvalue weighted by molar-refractivity contribution is 9.10. The van der Waals surface area contributed by atoms with Gasteiger partial charge in [-0.3, -0.25) is 9.59 Å². The third kappa shape index (κ3) is 5.87. The van der Waals surface area contributed by atoms with Crippen molar-refractivity contribution < 1.29 is 13.2 Å². The van der Waals surface area contributed by atoms with Crippen molar-refractivity contribution in [2.45, 2.75) is 10.1 Å². The van der Waals surface area contributed by atoms with Crippen LogP contribution in [0.3, 0.4) is 0 Å². The standard InChI is InChI=1S/C25H18BrN5O4S3/c26-15-5-3-14(4-6-15)19-12-18(20-2-1-11-36-20)22-23(29-19)30-25(31-24(22)33)37-13-21(32)28-16-7-9-17(10-8-16)38(27,34)35/h1-12H,13H2,(H,28,32)(H2,27,34,35)(H,29,30,31,33). The molecule has 0 spiro atoms. The van der Waals surface area contributed by atoms with E-state index >= 15 is 0 Å². The number of thiophene rings is 1. The van der Waals surface area contributed by atoms with Crippen molar-refractivity contribution in [2.75, 3.05) is 11.1 Å². The van der Waals surface area contributed by atoms with Gasteiger partial charge in [0.05, 0.1) is 21.7 Å². The Hall–Kier alpha value is -3.36. The van der Waals surface area contributed by atoms with Crippen molar-refractivity contribution >= 4 is 71.7 Å². The summed E-state index contributed by atoms with van der Waals surface area (Å²) in [5, 5.41) is 10.3. The van der Waals surface area contributed by atoms with Crippen molar-refractivity contribution in [3.05, 3.63) is 86.9 Å². The molecule has 0 saturated carbocycles. The summed E-state index contributed by atoms with van der Waals surface area (Å²) in [6.07, 6.45) is 0. The maximum Gasteiger partial charge on any atom is 0.261 e.